The molecule has 0 heterocycles. The van der Waals surface area contributed by atoms with Crippen LogP contribution in [-0.4, -0.2) is 13.2 Å². The largest absolute Gasteiger partial charge is 0.382 e. The molecule has 0 fully saturated rings. The molecule has 0 spiro atoms. The average molecular weight is 311 g/mol. The van der Waals surface area contributed by atoms with Gasteiger partial charge in [0.2, 0.25) is 0 Å². The van der Waals surface area contributed by atoms with E-state index in [9.17, 15) is 4.39 Å². The summed E-state index contributed by atoms with van der Waals surface area (Å²) in [5, 5.41) is 0.0676. The first-order valence-electron chi connectivity index (χ1n) is 4.89. The van der Waals surface area contributed by atoms with Crippen LogP contribution in [0, 0.1) is 5.82 Å². The summed E-state index contributed by atoms with van der Waals surface area (Å²) in [5.41, 5.74) is 6.31. The van der Waals surface area contributed by atoms with Gasteiger partial charge in [0.05, 0.1) is 11.1 Å². The van der Waals surface area contributed by atoms with Crippen LogP contribution < -0.4 is 5.73 Å². The van der Waals surface area contributed by atoms with Gasteiger partial charge in [-0.2, -0.15) is 0 Å². The van der Waals surface area contributed by atoms with Gasteiger partial charge in [0.25, 0.3) is 0 Å². The van der Waals surface area contributed by atoms with Crippen molar-refractivity contribution in [1.29, 1.82) is 0 Å². The van der Waals surface area contributed by atoms with Crippen molar-refractivity contribution in [1.82, 2.24) is 0 Å². The molecule has 2 atom stereocenters. The Hall–Kier alpha value is -0.160. The molecule has 90 valence electrons. The smallest absolute Gasteiger partial charge is 0.147 e. The van der Waals surface area contributed by atoms with Gasteiger partial charge in [-0.1, -0.05) is 17.7 Å². The molecule has 0 radical (unpaired) electrons. The highest BCUT2D eigenvalue weighted by Gasteiger charge is 2.17. The van der Waals surface area contributed by atoms with Gasteiger partial charge >= 0.3 is 0 Å². The predicted octanol–water partition coefficient (Wildman–Crippen LogP) is 3.67. The standard InChI is InChI=1S/C11H14BrClFNO/c1-6(16-2)5-9(15)7-3-4-8(12)10(13)11(7)14/h3-4,6,9H,5,15H2,1-2H3. The molecule has 2 unspecified atom stereocenters. The molecule has 2 nitrogen and oxygen atoms in total. The number of benzene rings is 1. The number of methoxy groups -OCH3 is 1. The Morgan fingerprint density at radius 1 is 1.56 bits per heavy atom. The van der Waals surface area contributed by atoms with Gasteiger partial charge in [-0.05, 0) is 35.3 Å². The van der Waals surface area contributed by atoms with E-state index >= 15 is 0 Å². The first-order chi connectivity index (χ1) is 7.47. The zero-order valence-electron chi connectivity index (χ0n) is 9.14. The van der Waals surface area contributed by atoms with E-state index in [1.807, 2.05) is 6.92 Å². The number of ether oxygens (including phenoxy) is 1. The van der Waals surface area contributed by atoms with E-state index in [0.29, 0.717) is 16.5 Å². The molecule has 16 heavy (non-hydrogen) atoms. The molecule has 0 saturated carbocycles. The lowest BCUT2D eigenvalue weighted by Crippen LogP contribution is -2.19. The summed E-state index contributed by atoms with van der Waals surface area (Å²) in [6.07, 6.45) is 0.530. The highest BCUT2D eigenvalue weighted by Crippen LogP contribution is 2.31. The summed E-state index contributed by atoms with van der Waals surface area (Å²) < 4.78 is 19.4. The fourth-order valence-corrected chi connectivity index (χ4v) is 1.89. The molecule has 5 heteroatoms. The monoisotopic (exact) mass is 309 g/mol. The van der Waals surface area contributed by atoms with Crippen molar-refractivity contribution in [3.8, 4) is 0 Å². The third-order valence-corrected chi connectivity index (χ3v) is 3.71. The number of nitrogens with two attached hydrogens (primary N) is 1. The zero-order valence-corrected chi connectivity index (χ0v) is 11.5. The molecular weight excluding hydrogens is 296 g/mol. The summed E-state index contributed by atoms with van der Waals surface area (Å²) in [5.74, 6) is -0.466. The van der Waals surface area contributed by atoms with E-state index in [-0.39, 0.29) is 11.1 Å². The molecule has 0 aliphatic heterocycles. The Bertz CT molecular complexity index is 375. The van der Waals surface area contributed by atoms with Gasteiger partial charge in [0.15, 0.2) is 0 Å². The van der Waals surface area contributed by atoms with Crippen LogP contribution in [0.1, 0.15) is 24.9 Å². The van der Waals surface area contributed by atoms with Crippen molar-refractivity contribution in [2.45, 2.75) is 25.5 Å². The lowest BCUT2D eigenvalue weighted by Gasteiger charge is -2.17. The third-order valence-electron chi connectivity index (χ3n) is 2.45. The lowest BCUT2D eigenvalue weighted by molar-refractivity contribution is 0.104. The van der Waals surface area contributed by atoms with E-state index < -0.39 is 11.9 Å². The van der Waals surface area contributed by atoms with Crippen LogP contribution >= 0.6 is 27.5 Å². The normalized spacial score (nSPS) is 14.9. The first kappa shape index (κ1) is 13.9. The number of hydrogen-bond donors (Lipinski definition) is 1. The van der Waals surface area contributed by atoms with Crippen LogP contribution in [0.3, 0.4) is 0 Å². The molecule has 0 saturated heterocycles. The second kappa shape index (κ2) is 5.96. The van der Waals surface area contributed by atoms with Crippen molar-refractivity contribution in [3.05, 3.63) is 33.0 Å². The topological polar surface area (TPSA) is 35.2 Å². The van der Waals surface area contributed by atoms with Gasteiger partial charge in [-0.3, -0.25) is 0 Å². The van der Waals surface area contributed by atoms with Gasteiger partial charge in [0.1, 0.15) is 5.82 Å². The van der Waals surface area contributed by atoms with E-state index in [1.54, 1.807) is 19.2 Å². The summed E-state index contributed by atoms with van der Waals surface area (Å²) in [4.78, 5) is 0. The zero-order chi connectivity index (χ0) is 12.3. The van der Waals surface area contributed by atoms with Crippen LogP contribution in [0.5, 0.6) is 0 Å². The number of halogens is 3. The maximum Gasteiger partial charge on any atom is 0.147 e. The van der Waals surface area contributed by atoms with Gasteiger partial charge in [-0.25, -0.2) is 4.39 Å². The van der Waals surface area contributed by atoms with Crippen molar-refractivity contribution in [2.75, 3.05) is 7.11 Å². The minimum absolute atomic E-state index is 0.0168. The van der Waals surface area contributed by atoms with Crippen molar-refractivity contribution < 1.29 is 9.13 Å². The van der Waals surface area contributed by atoms with Crippen molar-refractivity contribution in [3.63, 3.8) is 0 Å². The van der Waals surface area contributed by atoms with E-state index in [4.69, 9.17) is 22.1 Å². The Morgan fingerprint density at radius 3 is 2.75 bits per heavy atom. The Labute approximate surface area is 108 Å². The summed E-state index contributed by atoms with van der Waals surface area (Å²) in [6.45, 7) is 1.89. The Morgan fingerprint density at radius 2 is 2.19 bits per heavy atom. The molecule has 0 aliphatic carbocycles. The van der Waals surface area contributed by atoms with Crippen molar-refractivity contribution in [2.24, 2.45) is 5.73 Å². The maximum absolute atomic E-state index is 13.8. The number of hydrogen-bond acceptors (Lipinski definition) is 2. The first-order valence-corrected chi connectivity index (χ1v) is 6.06. The molecule has 1 aromatic rings. The summed E-state index contributed by atoms with van der Waals surface area (Å²) in [7, 11) is 1.60. The van der Waals surface area contributed by atoms with Crippen molar-refractivity contribution >= 4 is 27.5 Å². The second-order valence-electron chi connectivity index (χ2n) is 3.65. The molecule has 0 aliphatic rings. The molecule has 1 aromatic carbocycles. The van der Waals surface area contributed by atoms with Crippen LogP contribution in [0.25, 0.3) is 0 Å². The molecule has 0 aromatic heterocycles. The average Bonchev–Trinajstić information content (AvgIpc) is 2.25. The Balaban J connectivity index is 2.92. The van der Waals surface area contributed by atoms with Crippen LogP contribution in [0.4, 0.5) is 4.39 Å². The van der Waals surface area contributed by atoms with E-state index in [1.165, 1.54) is 0 Å². The fraction of sp³-hybridized carbons (Fsp3) is 0.455. The highest BCUT2D eigenvalue weighted by atomic mass is 79.9. The fourth-order valence-electron chi connectivity index (χ4n) is 1.41. The molecule has 0 amide bonds. The summed E-state index contributed by atoms with van der Waals surface area (Å²) >= 11 is 8.94. The van der Waals surface area contributed by atoms with Crippen LogP contribution in [0.15, 0.2) is 16.6 Å². The van der Waals surface area contributed by atoms with Crippen LogP contribution in [-0.2, 0) is 4.74 Å². The van der Waals surface area contributed by atoms with E-state index in [2.05, 4.69) is 15.9 Å². The van der Waals surface area contributed by atoms with E-state index in [0.717, 1.165) is 0 Å². The lowest BCUT2D eigenvalue weighted by atomic mass is 10.0. The highest BCUT2D eigenvalue weighted by molar-refractivity contribution is 9.10. The summed E-state index contributed by atoms with van der Waals surface area (Å²) in [6, 6.07) is 2.91. The Kier molecular flexibility index (Phi) is 5.18. The van der Waals surface area contributed by atoms with Gasteiger partial charge in [0, 0.05) is 23.2 Å². The SMILES string of the molecule is COC(C)CC(N)c1ccc(Br)c(Cl)c1F. The predicted molar refractivity (Wildman–Crippen MR) is 67.1 cm³/mol. The number of rotatable bonds is 4. The molecule has 1 rings (SSSR count). The third kappa shape index (κ3) is 3.17. The molecule has 0 bridgehead atoms. The molecule has 2 N–H and O–H groups in total. The van der Waals surface area contributed by atoms with Gasteiger partial charge < -0.3 is 10.5 Å². The maximum atomic E-state index is 13.8. The van der Waals surface area contributed by atoms with Crippen LogP contribution in [0.2, 0.25) is 5.02 Å². The second-order valence-corrected chi connectivity index (χ2v) is 4.89. The van der Waals surface area contributed by atoms with Gasteiger partial charge in [-0.15, -0.1) is 0 Å². The molecular formula is C11H14BrClFNO. The quantitative estimate of drug-likeness (QED) is 0.861. The minimum atomic E-state index is -0.466. The minimum Gasteiger partial charge on any atom is -0.382 e.